The highest BCUT2D eigenvalue weighted by Crippen LogP contribution is 2.13. The molecule has 6 heteroatoms. The van der Waals surface area contributed by atoms with E-state index in [4.69, 9.17) is 4.74 Å². The van der Waals surface area contributed by atoms with Crippen LogP contribution in [-0.2, 0) is 13.1 Å². The Labute approximate surface area is 109 Å². The number of aromatic nitrogens is 3. The Kier molecular flexibility index (Phi) is 2.77. The molecule has 2 aromatic rings. The first-order valence-corrected chi connectivity index (χ1v) is 6.29. The second-order valence-corrected chi connectivity index (χ2v) is 4.55. The van der Waals surface area contributed by atoms with Gasteiger partial charge in [0.1, 0.15) is 5.75 Å². The minimum absolute atomic E-state index is 0.269. The Balaban J connectivity index is 2.17. The molecule has 0 bridgehead atoms. The van der Waals surface area contributed by atoms with Gasteiger partial charge in [-0.05, 0) is 37.1 Å². The minimum atomic E-state index is -0.269. The van der Waals surface area contributed by atoms with Crippen molar-refractivity contribution in [1.82, 2.24) is 13.9 Å². The zero-order chi connectivity index (χ0) is 13.4. The Morgan fingerprint density at radius 2 is 1.47 bits per heavy atom. The van der Waals surface area contributed by atoms with E-state index in [1.165, 1.54) is 13.9 Å². The summed E-state index contributed by atoms with van der Waals surface area (Å²) >= 11 is 0. The Bertz CT molecular complexity index is 669. The van der Waals surface area contributed by atoms with Gasteiger partial charge >= 0.3 is 11.4 Å². The van der Waals surface area contributed by atoms with Crippen LogP contribution in [0.25, 0.3) is 5.69 Å². The second kappa shape index (κ2) is 4.46. The Hall–Kier alpha value is -2.24. The van der Waals surface area contributed by atoms with E-state index >= 15 is 0 Å². The molecule has 1 aliphatic heterocycles. The van der Waals surface area contributed by atoms with Crippen molar-refractivity contribution in [3.05, 3.63) is 45.2 Å². The summed E-state index contributed by atoms with van der Waals surface area (Å²) in [5, 5.41) is 0. The van der Waals surface area contributed by atoms with Crippen molar-refractivity contribution < 1.29 is 4.74 Å². The normalized spacial score (nSPS) is 14.2. The van der Waals surface area contributed by atoms with Crippen LogP contribution in [0.15, 0.2) is 33.9 Å². The zero-order valence-corrected chi connectivity index (χ0v) is 10.7. The number of ether oxygens (including phenoxy) is 1. The van der Waals surface area contributed by atoms with Crippen LogP contribution in [0, 0.1) is 0 Å². The van der Waals surface area contributed by atoms with Gasteiger partial charge in [-0.1, -0.05) is 0 Å². The fraction of sp³-hybridized carbons (Fsp3) is 0.385. The van der Waals surface area contributed by atoms with Gasteiger partial charge in [0, 0.05) is 13.1 Å². The van der Waals surface area contributed by atoms with Crippen LogP contribution in [0.3, 0.4) is 0 Å². The molecule has 0 saturated heterocycles. The summed E-state index contributed by atoms with van der Waals surface area (Å²) in [6, 6.07) is 6.91. The third-order valence-electron chi connectivity index (χ3n) is 3.44. The monoisotopic (exact) mass is 261 g/mol. The Morgan fingerprint density at radius 1 is 0.947 bits per heavy atom. The lowest BCUT2D eigenvalue weighted by Gasteiger charge is -2.13. The van der Waals surface area contributed by atoms with Crippen LogP contribution >= 0.6 is 0 Å². The SMILES string of the molecule is COc1ccc(-n2c(=O)n3n(c2=O)CCCC3)cc1. The summed E-state index contributed by atoms with van der Waals surface area (Å²) in [5.74, 6) is 0.695. The topological polar surface area (TPSA) is 58.2 Å². The van der Waals surface area contributed by atoms with E-state index in [0.29, 0.717) is 24.5 Å². The van der Waals surface area contributed by atoms with E-state index in [1.54, 1.807) is 31.4 Å². The summed E-state index contributed by atoms with van der Waals surface area (Å²) in [7, 11) is 1.58. The molecule has 0 saturated carbocycles. The molecule has 0 unspecified atom stereocenters. The maximum atomic E-state index is 12.3. The lowest BCUT2D eigenvalue weighted by molar-refractivity contribution is 0.348. The maximum absolute atomic E-state index is 12.3. The summed E-state index contributed by atoms with van der Waals surface area (Å²) < 4.78 is 9.33. The molecule has 19 heavy (non-hydrogen) atoms. The molecule has 100 valence electrons. The van der Waals surface area contributed by atoms with E-state index in [0.717, 1.165) is 12.8 Å². The molecule has 0 spiro atoms. The number of methoxy groups -OCH3 is 1. The van der Waals surface area contributed by atoms with Crippen molar-refractivity contribution in [3.8, 4) is 11.4 Å². The highest BCUT2D eigenvalue weighted by atomic mass is 16.5. The zero-order valence-electron chi connectivity index (χ0n) is 10.7. The molecule has 0 radical (unpaired) electrons. The van der Waals surface area contributed by atoms with Gasteiger partial charge in [-0.25, -0.2) is 23.5 Å². The molecular formula is C13H15N3O3. The average Bonchev–Trinajstić information content (AvgIpc) is 2.72. The maximum Gasteiger partial charge on any atom is 0.351 e. The van der Waals surface area contributed by atoms with Gasteiger partial charge < -0.3 is 4.74 Å². The third kappa shape index (κ3) is 1.80. The fourth-order valence-corrected chi connectivity index (χ4v) is 2.43. The third-order valence-corrected chi connectivity index (χ3v) is 3.44. The molecular weight excluding hydrogens is 246 g/mol. The molecule has 1 aromatic heterocycles. The number of hydrogen-bond acceptors (Lipinski definition) is 3. The molecule has 1 aliphatic rings. The van der Waals surface area contributed by atoms with Crippen LogP contribution in [0.4, 0.5) is 0 Å². The molecule has 0 aliphatic carbocycles. The van der Waals surface area contributed by atoms with Crippen LogP contribution in [0.5, 0.6) is 5.75 Å². The smallest absolute Gasteiger partial charge is 0.351 e. The molecule has 3 rings (SSSR count). The van der Waals surface area contributed by atoms with Gasteiger partial charge in [0.05, 0.1) is 12.8 Å². The van der Waals surface area contributed by atoms with Crippen LogP contribution in [0.2, 0.25) is 0 Å². The fourth-order valence-electron chi connectivity index (χ4n) is 2.43. The first-order chi connectivity index (χ1) is 9.22. The van der Waals surface area contributed by atoms with Gasteiger partial charge in [-0.2, -0.15) is 0 Å². The van der Waals surface area contributed by atoms with Crippen molar-refractivity contribution in [3.63, 3.8) is 0 Å². The highest BCUT2D eigenvalue weighted by molar-refractivity contribution is 5.37. The van der Waals surface area contributed by atoms with E-state index in [2.05, 4.69) is 0 Å². The number of rotatable bonds is 2. The van der Waals surface area contributed by atoms with Crippen molar-refractivity contribution in [2.24, 2.45) is 0 Å². The molecule has 1 aromatic carbocycles. The second-order valence-electron chi connectivity index (χ2n) is 4.55. The summed E-state index contributed by atoms with van der Waals surface area (Å²) in [5.41, 5.74) is 0.0370. The van der Waals surface area contributed by atoms with E-state index in [9.17, 15) is 9.59 Å². The minimum Gasteiger partial charge on any atom is -0.497 e. The summed E-state index contributed by atoms with van der Waals surface area (Å²) in [6.07, 6.45) is 1.87. The predicted molar refractivity (Wildman–Crippen MR) is 70.1 cm³/mol. The molecule has 0 amide bonds. The summed E-state index contributed by atoms with van der Waals surface area (Å²) in [6.45, 7) is 1.22. The molecule has 0 N–H and O–H groups in total. The number of nitrogens with zero attached hydrogens (tertiary/aromatic N) is 3. The van der Waals surface area contributed by atoms with Crippen molar-refractivity contribution in [1.29, 1.82) is 0 Å². The van der Waals surface area contributed by atoms with E-state index < -0.39 is 0 Å². The van der Waals surface area contributed by atoms with Crippen LogP contribution in [0.1, 0.15) is 12.8 Å². The number of hydrogen-bond donors (Lipinski definition) is 0. The molecule has 2 heterocycles. The lowest BCUT2D eigenvalue weighted by atomic mass is 10.3. The van der Waals surface area contributed by atoms with Crippen molar-refractivity contribution >= 4 is 0 Å². The van der Waals surface area contributed by atoms with Gasteiger partial charge in [-0.3, -0.25) is 0 Å². The van der Waals surface area contributed by atoms with Gasteiger partial charge in [0.15, 0.2) is 0 Å². The van der Waals surface area contributed by atoms with Crippen molar-refractivity contribution in [2.45, 2.75) is 25.9 Å². The first kappa shape index (κ1) is 11.8. The largest absolute Gasteiger partial charge is 0.497 e. The average molecular weight is 261 g/mol. The molecule has 0 atom stereocenters. The van der Waals surface area contributed by atoms with Crippen LogP contribution < -0.4 is 16.1 Å². The quantitative estimate of drug-likeness (QED) is 0.795. The van der Waals surface area contributed by atoms with Crippen molar-refractivity contribution in [2.75, 3.05) is 7.11 Å². The molecule has 6 nitrogen and oxygen atoms in total. The summed E-state index contributed by atoms with van der Waals surface area (Å²) in [4.78, 5) is 24.5. The van der Waals surface area contributed by atoms with E-state index in [-0.39, 0.29) is 11.4 Å². The van der Waals surface area contributed by atoms with Gasteiger partial charge in [-0.15, -0.1) is 0 Å². The number of fused-ring (bicyclic) bond motifs is 1. The first-order valence-electron chi connectivity index (χ1n) is 6.29. The Morgan fingerprint density at radius 3 is 1.95 bits per heavy atom. The van der Waals surface area contributed by atoms with Gasteiger partial charge in [0.2, 0.25) is 0 Å². The standard InChI is InChI=1S/C13H15N3O3/c1-19-11-6-4-10(5-7-11)16-12(17)14-8-2-3-9-15(14)13(16)18/h4-7H,2-3,8-9H2,1H3. The highest BCUT2D eigenvalue weighted by Gasteiger charge is 2.19. The lowest BCUT2D eigenvalue weighted by Crippen LogP contribution is -2.30. The molecule has 0 fully saturated rings. The van der Waals surface area contributed by atoms with Gasteiger partial charge in [0.25, 0.3) is 0 Å². The van der Waals surface area contributed by atoms with Crippen LogP contribution in [-0.4, -0.2) is 21.0 Å². The predicted octanol–water partition coefficient (Wildman–Crippen LogP) is 0.603. The van der Waals surface area contributed by atoms with E-state index in [1.807, 2.05) is 0 Å². The number of benzene rings is 1.